The number of benzene rings is 2. The summed E-state index contributed by atoms with van der Waals surface area (Å²) in [6, 6.07) is 13.2. The number of piperidine rings is 1. The maximum Gasteiger partial charge on any atom is 0.408 e. The van der Waals surface area contributed by atoms with Gasteiger partial charge >= 0.3 is 6.09 Å². The molecule has 0 saturated carbocycles. The minimum absolute atomic E-state index is 0.236. The first-order valence-corrected chi connectivity index (χ1v) is 17.8. The number of fused-ring (bicyclic) bond motifs is 4. The van der Waals surface area contributed by atoms with E-state index in [1.54, 1.807) is 4.90 Å². The molecule has 49 heavy (non-hydrogen) atoms. The van der Waals surface area contributed by atoms with Crippen molar-refractivity contribution in [2.75, 3.05) is 26.3 Å². The van der Waals surface area contributed by atoms with Gasteiger partial charge in [0.1, 0.15) is 23.4 Å². The van der Waals surface area contributed by atoms with Gasteiger partial charge in [0, 0.05) is 19.6 Å². The highest BCUT2D eigenvalue weighted by molar-refractivity contribution is 5.94. The molecule has 3 atom stereocenters. The smallest absolute Gasteiger partial charge is 0.408 e. The first-order valence-electron chi connectivity index (χ1n) is 17.8. The number of aliphatic hydroxyl groups excluding tert-OH is 1. The summed E-state index contributed by atoms with van der Waals surface area (Å²) in [7, 11) is 0. The Morgan fingerprint density at radius 2 is 1.76 bits per heavy atom. The Kier molecular flexibility index (Phi) is 17.7. The third kappa shape index (κ3) is 13.7. The SMILES string of the molecule is CC.CC.Cc1ccc2cc1CNC(=O)[C@H](CCc1ccccc1)NC(=O)[C@@H](NC(=O)OC(C)(C)CO)CC(=O)N1CCCC(CCO2)C1. The molecule has 11 nitrogen and oxygen atoms in total. The van der Waals surface area contributed by atoms with Crippen molar-refractivity contribution in [1.82, 2.24) is 20.9 Å². The Morgan fingerprint density at radius 3 is 2.45 bits per heavy atom. The number of carbonyl (C=O) groups excluding carboxylic acids is 4. The Balaban J connectivity index is 0.00000201. The van der Waals surface area contributed by atoms with Crippen LogP contribution < -0.4 is 20.7 Å². The first-order chi connectivity index (χ1) is 23.5. The van der Waals surface area contributed by atoms with Gasteiger partial charge in [0.15, 0.2) is 0 Å². The van der Waals surface area contributed by atoms with Gasteiger partial charge in [0.25, 0.3) is 0 Å². The van der Waals surface area contributed by atoms with Crippen LogP contribution in [0.3, 0.4) is 0 Å². The summed E-state index contributed by atoms with van der Waals surface area (Å²) in [5.41, 5.74) is 1.70. The normalized spacial score (nSPS) is 20.3. The molecule has 2 aromatic carbocycles. The Bertz CT molecular complexity index is 1330. The summed E-state index contributed by atoms with van der Waals surface area (Å²) in [6.07, 6.45) is 2.10. The summed E-state index contributed by atoms with van der Waals surface area (Å²) in [5, 5.41) is 17.8. The predicted octanol–water partition coefficient (Wildman–Crippen LogP) is 5.06. The van der Waals surface area contributed by atoms with Crippen LogP contribution >= 0.6 is 0 Å². The standard InChI is InChI=1S/C34H46N4O7.2C2H6/c1-23-11-13-27-18-26(23)20-35-31(41)28(14-12-24-8-5-4-6-9-24)36-32(42)29(37-33(43)45-34(2,3)22-39)19-30(40)38-16-7-10-25(21-38)15-17-44-27;2*1-2/h4-6,8-9,11,13,18,25,28-29,39H,7,10,12,14-17,19-22H2,1-3H3,(H,35,41)(H,36,42)(H,37,43);2*1-2H3/t25?,28-,29-;;/m0../s1. The lowest BCUT2D eigenvalue weighted by molar-refractivity contribution is -0.137. The number of ether oxygens (including phenoxy) is 2. The summed E-state index contributed by atoms with van der Waals surface area (Å²) in [4.78, 5) is 55.4. The molecule has 0 aromatic heterocycles. The molecular weight excluding hydrogens is 624 g/mol. The number of aliphatic hydroxyl groups is 1. The average Bonchev–Trinajstić information content (AvgIpc) is 3.11. The number of alkyl carbamates (subject to hydrolysis) is 1. The van der Waals surface area contributed by atoms with Gasteiger partial charge in [-0.05, 0) is 87.6 Å². The molecule has 4 bridgehead atoms. The van der Waals surface area contributed by atoms with Crippen molar-refractivity contribution in [2.24, 2.45) is 5.92 Å². The van der Waals surface area contributed by atoms with Crippen molar-refractivity contribution in [2.45, 2.75) is 111 Å². The summed E-state index contributed by atoms with van der Waals surface area (Å²) >= 11 is 0. The van der Waals surface area contributed by atoms with E-state index in [1.165, 1.54) is 13.8 Å². The lowest BCUT2D eigenvalue weighted by Crippen LogP contribution is -2.56. The van der Waals surface area contributed by atoms with E-state index in [1.807, 2.05) is 83.1 Å². The number of hydrogen-bond acceptors (Lipinski definition) is 7. The topological polar surface area (TPSA) is 146 Å². The van der Waals surface area contributed by atoms with Crippen LogP contribution in [0.2, 0.25) is 0 Å². The van der Waals surface area contributed by atoms with E-state index in [-0.39, 0.29) is 30.7 Å². The molecule has 4 N–H and O–H groups in total. The molecule has 272 valence electrons. The molecule has 2 heterocycles. The van der Waals surface area contributed by atoms with Crippen LogP contribution in [0.1, 0.15) is 90.3 Å². The Labute approximate surface area is 292 Å². The van der Waals surface area contributed by atoms with E-state index in [0.29, 0.717) is 38.3 Å². The number of aryl methyl sites for hydroxylation is 2. The lowest BCUT2D eigenvalue weighted by Gasteiger charge is -2.34. The second kappa shape index (κ2) is 21.1. The minimum Gasteiger partial charge on any atom is -0.494 e. The number of nitrogens with one attached hydrogen (secondary N) is 3. The largest absolute Gasteiger partial charge is 0.494 e. The van der Waals surface area contributed by atoms with Gasteiger partial charge in [-0.25, -0.2) is 4.79 Å². The fourth-order valence-electron chi connectivity index (χ4n) is 5.57. The Hall–Kier alpha value is -4.12. The molecule has 4 rings (SSSR count). The third-order valence-electron chi connectivity index (χ3n) is 8.37. The fourth-order valence-corrected chi connectivity index (χ4v) is 5.57. The molecular formula is C38H58N4O7. The zero-order chi connectivity index (χ0) is 36.4. The van der Waals surface area contributed by atoms with Crippen molar-refractivity contribution < 1.29 is 33.8 Å². The van der Waals surface area contributed by atoms with Crippen molar-refractivity contribution in [1.29, 1.82) is 0 Å². The number of rotatable bonds is 6. The molecule has 4 amide bonds. The molecule has 1 unspecified atom stereocenters. The quantitative estimate of drug-likeness (QED) is 0.333. The van der Waals surface area contributed by atoms with Gasteiger partial charge in [-0.2, -0.15) is 0 Å². The number of carbonyl (C=O) groups is 4. The van der Waals surface area contributed by atoms with Crippen LogP contribution in [-0.2, 0) is 32.1 Å². The van der Waals surface area contributed by atoms with Crippen molar-refractivity contribution in [3.8, 4) is 5.75 Å². The maximum atomic E-state index is 13.8. The van der Waals surface area contributed by atoms with Gasteiger partial charge in [-0.1, -0.05) is 64.1 Å². The summed E-state index contributed by atoms with van der Waals surface area (Å²) < 4.78 is 11.4. The Morgan fingerprint density at radius 1 is 1.04 bits per heavy atom. The van der Waals surface area contributed by atoms with E-state index in [2.05, 4.69) is 16.0 Å². The fraction of sp³-hybridized carbons (Fsp3) is 0.579. The molecule has 1 fully saturated rings. The zero-order valence-corrected chi connectivity index (χ0v) is 30.5. The highest BCUT2D eigenvalue weighted by Gasteiger charge is 2.33. The first kappa shape index (κ1) is 41.1. The van der Waals surface area contributed by atoms with Crippen molar-refractivity contribution in [3.05, 3.63) is 65.2 Å². The minimum atomic E-state index is -1.30. The zero-order valence-electron chi connectivity index (χ0n) is 30.5. The molecule has 2 aliphatic heterocycles. The monoisotopic (exact) mass is 682 g/mol. The highest BCUT2D eigenvalue weighted by atomic mass is 16.6. The molecule has 11 heteroatoms. The van der Waals surface area contributed by atoms with E-state index in [4.69, 9.17) is 9.47 Å². The van der Waals surface area contributed by atoms with E-state index < -0.39 is 36.3 Å². The average molecular weight is 683 g/mol. The van der Waals surface area contributed by atoms with Crippen molar-refractivity contribution >= 4 is 23.8 Å². The van der Waals surface area contributed by atoms with E-state index in [0.717, 1.165) is 36.0 Å². The van der Waals surface area contributed by atoms with Gasteiger partial charge in [0.2, 0.25) is 17.7 Å². The summed E-state index contributed by atoms with van der Waals surface area (Å²) in [6.45, 7) is 14.4. The molecule has 2 aromatic rings. The summed E-state index contributed by atoms with van der Waals surface area (Å²) in [5.74, 6) is -0.384. The lowest BCUT2D eigenvalue weighted by atomic mass is 9.94. The van der Waals surface area contributed by atoms with Crippen LogP contribution in [-0.4, -0.2) is 77.8 Å². The third-order valence-corrected chi connectivity index (χ3v) is 8.37. The second-order valence-corrected chi connectivity index (χ2v) is 12.6. The molecule has 0 radical (unpaired) electrons. The van der Waals surface area contributed by atoms with Gasteiger partial charge in [0.05, 0.1) is 19.6 Å². The van der Waals surface area contributed by atoms with Crippen LogP contribution in [0.5, 0.6) is 5.75 Å². The van der Waals surface area contributed by atoms with Crippen molar-refractivity contribution in [3.63, 3.8) is 0 Å². The molecule has 0 aliphatic carbocycles. The van der Waals surface area contributed by atoms with Gasteiger partial charge in [-0.15, -0.1) is 0 Å². The van der Waals surface area contributed by atoms with Crippen LogP contribution in [0, 0.1) is 12.8 Å². The van der Waals surface area contributed by atoms with Crippen LogP contribution in [0.25, 0.3) is 0 Å². The van der Waals surface area contributed by atoms with Crippen LogP contribution in [0.15, 0.2) is 48.5 Å². The maximum absolute atomic E-state index is 13.8. The van der Waals surface area contributed by atoms with Crippen LogP contribution in [0.4, 0.5) is 4.79 Å². The molecule has 1 saturated heterocycles. The number of hydrogen-bond donors (Lipinski definition) is 4. The van der Waals surface area contributed by atoms with Gasteiger partial charge < -0.3 is 35.4 Å². The van der Waals surface area contributed by atoms with E-state index in [9.17, 15) is 24.3 Å². The second-order valence-electron chi connectivity index (χ2n) is 12.6. The number of nitrogens with zero attached hydrogens (tertiary/aromatic N) is 1. The number of amides is 4. The molecule has 0 spiro atoms. The predicted molar refractivity (Wildman–Crippen MR) is 191 cm³/mol. The van der Waals surface area contributed by atoms with E-state index >= 15 is 0 Å². The molecule has 2 aliphatic rings. The highest BCUT2D eigenvalue weighted by Crippen LogP contribution is 2.23. The van der Waals surface area contributed by atoms with Gasteiger partial charge in [-0.3, -0.25) is 14.4 Å².